The van der Waals surface area contributed by atoms with Gasteiger partial charge in [-0.15, -0.1) is 11.8 Å². The topological polar surface area (TPSA) is 50.8 Å². The molecule has 26 heavy (non-hydrogen) atoms. The highest BCUT2D eigenvalue weighted by Crippen LogP contribution is 2.37. The van der Waals surface area contributed by atoms with Gasteiger partial charge in [-0.1, -0.05) is 6.07 Å². The molecule has 2 aromatic heterocycles. The highest BCUT2D eigenvalue weighted by atomic mass is 32.2. The molecule has 0 saturated carbocycles. The Kier molecular flexibility index (Phi) is 5.04. The predicted octanol–water partition coefficient (Wildman–Crippen LogP) is 5.24. The molecular formula is C20H19N3OS2. The average Bonchev–Trinajstić information content (AvgIpc) is 3.11. The summed E-state index contributed by atoms with van der Waals surface area (Å²) in [5.74, 6) is 2.61. The van der Waals surface area contributed by atoms with Gasteiger partial charge in [-0.05, 0) is 54.3 Å². The van der Waals surface area contributed by atoms with Crippen LogP contribution >= 0.6 is 23.5 Å². The van der Waals surface area contributed by atoms with Crippen molar-refractivity contribution in [1.29, 1.82) is 0 Å². The molecule has 132 valence electrons. The number of imidazole rings is 1. The third kappa shape index (κ3) is 3.27. The van der Waals surface area contributed by atoms with E-state index in [-0.39, 0.29) is 0 Å². The van der Waals surface area contributed by atoms with Crippen LogP contribution < -0.4 is 4.74 Å². The molecule has 0 radical (unpaired) electrons. The molecular weight excluding hydrogens is 362 g/mol. The number of benzene rings is 2. The Morgan fingerprint density at radius 3 is 2.85 bits per heavy atom. The van der Waals surface area contributed by atoms with E-state index in [4.69, 9.17) is 4.74 Å². The molecule has 0 aliphatic heterocycles. The number of fused-ring (bicyclic) bond motifs is 2. The summed E-state index contributed by atoms with van der Waals surface area (Å²) in [6, 6.07) is 14.6. The lowest BCUT2D eigenvalue weighted by molar-refractivity contribution is 0.349. The quantitative estimate of drug-likeness (QED) is 0.365. The Bertz CT molecular complexity index is 1030. The first-order valence-corrected chi connectivity index (χ1v) is 11.0. The first-order valence-electron chi connectivity index (χ1n) is 8.34. The molecule has 0 amide bonds. The zero-order valence-corrected chi connectivity index (χ0v) is 16.3. The van der Waals surface area contributed by atoms with Crippen LogP contribution in [0.25, 0.3) is 33.3 Å². The summed E-state index contributed by atoms with van der Waals surface area (Å²) >= 11 is 3.52. The van der Waals surface area contributed by atoms with Crippen molar-refractivity contribution < 1.29 is 4.74 Å². The summed E-state index contributed by atoms with van der Waals surface area (Å²) in [7, 11) is 0. The van der Waals surface area contributed by atoms with Crippen LogP contribution in [0.15, 0.2) is 53.6 Å². The summed E-state index contributed by atoms with van der Waals surface area (Å²) in [6.45, 7) is 0.663. The van der Waals surface area contributed by atoms with E-state index < -0.39 is 0 Å². The Balaban J connectivity index is 1.87. The minimum Gasteiger partial charge on any atom is -0.491 e. The average molecular weight is 382 g/mol. The predicted molar refractivity (Wildman–Crippen MR) is 112 cm³/mol. The highest BCUT2D eigenvalue weighted by Gasteiger charge is 2.15. The lowest BCUT2D eigenvalue weighted by Crippen LogP contribution is -2.02. The summed E-state index contributed by atoms with van der Waals surface area (Å²) in [5.41, 5.74) is 2.61. The van der Waals surface area contributed by atoms with Crippen LogP contribution in [0.5, 0.6) is 5.75 Å². The number of aromatic amines is 1. The van der Waals surface area contributed by atoms with Crippen LogP contribution in [0.3, 0.4) is 0 Å². The summed E-state index contributed by atoms with van der Waals surface area (Å²) in [4.78, 5) is 13.6. The van der Waals surface area contributed by atoms with Gasteiger partial charge in [0.05, 0.1) is 17.7 Å². The summed E-state index contributed by atoms with van der Waals surface area (Å²) in [6.07, 6.45) is 5.93. The van der Waals surface area contributed by atoms with Crippen LogP contribution in [0.1, 0.15) is 0 Å². The van der Waals surface area contributed by atoms with Gasteiger partial charge in [0.25, 0.3) is 0 Å². The van der Waals surface area contributed by atoms with Gasteiger partial charge in [0, 0.05) is 22.2 Å². The van der Waals surface area contributed by atoms with Crippen molar-refractivity contribution in [2.24, 2.45) is 0 Å². The number of H-pyrrole nitrogens is 1. The van der Waals surface area contributed by atoms with E-state index in [1.807, 2.05) is 12.1 Å². The Labute approximate surface area is 160 Å². The van der Waals surface area contributed by atoms with E-state index in [9.17, 15) is 0 Å². The first kappa shape index (κ1) is 17.2. The molecule has 4 rings (SSSR count). The lowest BCUT2D eigenvalue weighted by Gasteiger charge is -2.14. The van der Waals surface area contributed by atoms with Crippen molar-refractivity contribution in [3.63, 3.8) is 0 Å². The molecule has 2 aromatic carbocycles. The van der Waals surface area contributed by atoms with Crippen LogP contribution in [-0.4, -0.2) is 39.8 Å². The molecule has 0 atom stereocenters. The van der Waals surface area contributed by atoms with Crippen LogP contribution in [0.2, 0.25) is 0 Å². The Hall–Kier alpha value is -2.18. The van der Waals surface area contributed by atoms with Crippen LogP contribution in [0.4, 0.5) is 0 Å². The maximum Gasteiger partial charge on any atom is 0.178 e. The summed E-state index contributed by atoms with van der Waals surface area (Å²) < 4.78 is 6.21. The zero-order valence-electron chi connectivity index (χ0n) is 14.7. The molecule has 0 unspecified atom stereocenters. The fraction of sp³-hybridized carbons (Fsp3) is 0.200. The molecule has 0 spiro atoms. The Morgan fingerprint density at radius 1 is 1.12 bits per heavy atom. The monoisotopic (exact) mass is 381 g/mol. The maximum absolute atomic E-state index is 6.21. The second-order valence-electron chi connectivity index (χ2n) is 5.83. The van der Waals surface area contributed by atoms with Crippen molar-refractivity contribution in [3.05, 3.63) is 48.7 Å². The maximum atomic E-state index is 6.21. The van der Waals surface area contributed by atoms with Crippen molar-refractivity contribution in [3.8, 4) is 17.1 Å². The first-order chi connectivity index (χ1) is 12.8. The number of hydrogen-bond acceptors (Lipinski definition) is 5. The minimum atomic E-state index is 0.663. The number of thioether (sulfide) groups is 2. The third-order valence-electron chi connectivity index (χ3n) is 4.22. The van der Waals surface area contributed by atoms with E-state index >= 15 is 0 Å². The zero-order chi connectivity index (χ0) is 17.9. The normalized spacial score (nSPS) is 11.3. The van der Waals surface area contributed by atoms with Gasteiger partial charge in [-0.3, -0.25) is 0 Å². The van der Waals surface area contributed by atoms with Gasteiger partial charge >= 0.3 is 0 Å². The van der Waals surface area contributed by atoms with Crippen molar-refractivity contribution in [1.82, 2.24) is 15.0 Å². The number of rotatable bonds is 6. The van der Waals surface area contributed by atoms with Crippen molar-refractivity contribution in [2.45, 2.75) is 4.90 Å². The fourth-order valence-corrected chi connectivity index (χ4v) is 3.65. The molecule has 6 heteroatoms. The molecule has 4 nitrogen and oxygen atoms in total. The highest BCUT2D eigenvalue weighted by molar-refractivity contribution is 7.98. The number of nitrogens with zero attached hydrogens (tertiary/aromatic N) is 2. The molecule has 0 aliphatic carbocycles. The standard InChI is InChI=1S/C20H19N3OS2/c1-25-11-10-24-18-15-8-6-14(26-2)12-13(15)5-7-16(18)19-22-17-4-3-9-21-20(17)23-19/h3-9,12H,10-11H2,1-2H3,(H,21,22,23). The van der Waals surface area contributed by atoms with Gasteiger partial charge in [-0.2, -0.15) is 11.8 Å². The number of hydrogen-bond donors (Lipinski definition) is 1. The fourth-order valence-electron chi connectivity index (χ4n) is 2.95. The Morgan fingerprint density at radius 2 is 2.04 bits per heavy atom. The van der Waals surface area contributed by atoms with E-state index in [1.54, 1.807) is 29.7 Å². The molecule has 0 saturated heterocycles. The molecule has 1 N–H and O–H groups in total. The van der Waals surface area contributed by atoms with E-state index in [0.29, 0.717) is 6.61 Å². The van der Waals surface area contributed by atoms with Crippen molar-refractivity contribution >= 4 is 45.5 Å². The largest absolute Gasteiger partial charge is 0.491 e. The number of pyridine rings is 1. The van der Waals surface area contributed by atoms with Gasteiger partial charge in [0.15, 0.2) is 5.65 Å². The van der Waals surface area contributed by atoms with E-state index in [0.717, 1.165) is 39.4 Å². The number of nitrogens with one attached hydrogen (secondary N) is 1. The van der Waals surface area contributed by atoms with Gasteiger partial charge in [0.1, 0.15) is 11.6 Å². The van der Waals surface area contributed by atoms with Crippen LogP contribution in [-0.2, 0) is 0 Å². The minimum absolute atomic E-state index is 0.663. The molecule has 0 fully saturated rings. The lowest BCUT2D eigenvalue weighted by atomic mass is 10.0. The number of aromatic nitrogens is 3. The van der Waals surface area contributed by atoms with E-state index in [1.165, 1.54) is 10.3 Å². The van der Waals surface area contributed by atoms with Gasteiger partial charge < -0.3 is 9.72 Å². The van der Waals surface area contributed by atoms with Crippen molar-refractivity contribution in [2.75, 3.05) is 24.9 Å². The second-order valence-corrected chi connectivity index (χ2v) is 7.70. The van der Waals surface area contributed by atoms with Crippen LogP contribution in [0, 0.1) is 0 Å². The molecule has 4 aromatic rings. The SMILES string of the molecule is CSCCOc1c(-c2nc3ncccc3[nH]2)ccc2cc(SC)ccc12. The van der Waals surface area contributed by atoms with Gasteiger partial charge in [-0.25, -0.2) is 9.97 Å². The van der Waals surface area contributed by atoms with E-state index in [2.05, 4.69) is 57.8 Å². The molecule has 0 bridgehead atoms. The smallest absolute Gasteiger partial charge is 0.178 e. The molecule has 2 heterocycles. The third-order valence-corrected chi connectivity index (χ3v) is 5.52. The number of ether oxygens (including phenoxy) is 1. The second kappa shape index (κ2) is 7.60. The molecule has 0 aliphatic rings. The summed E-state index contributed by atoms with van der Waals surface area (Å²) in [5, 5.41) is 2.28. The van der Waals surface area contributed by atoms with Gasteiger partial charge in [0.2, 0.25) is 0 Å².